The van der Waals surface area contributed by atoms with Crippen molar-refractivity contribution in [1.29, 1.82) is 0 Å². The lowest BCUT2D eigenvalue weighted by Gasteiger charge is -2.31. The fourth-order valence-corrected chi connectivity index (χ4v) is 6.28. The second-order valence-corrected chi connectivity index (χ2v) is 11.4. The molecule has 1 saturated heterocycles. The van der Waals surface area contributed by atoms with E-state index in [1.807, 2.05) is 0 Å². The molecule has 2 heterocycles. The van der Waals surface area contributed by atoms with E-state index in [9.17, 15) is 22.0 Å². The summed E-state index contributed by atoms with van der Waals surface area (Å²) < 4.78 is 54.7. The average Bonchev–Trinajstić information content (AvgIpc) is 3.18. The number of aliphatic hydroxyl groups excluding tert-OH is 1. The first-order chi connectivity index (χ1) is 16.7. The van der Waals surface area contributed by atoms with Crippen LogP contribution in [-0.4, -0.2) is 73.2 Å². The van der Waals surface area contributed by atoms with E-state index in [1.54, 1.807) is 0 Å². The van der Waals surface area contributed by atoms with Crippen LogP contribution in [0.25, 0.3) is 0 Å². The maximum Gasteiger partial charge on any atom is 0.214 e. The van der Waals surface area contributed by atoms with Crippen molar-refractivity contribution in [2.45, 2.75) is 38.1 Å². The van der Waals surface area contributed by atoms with Gasteiger partial charge in [0.05, 0.1) is 11.3 Å². The summed E-state index contributed by atoms with van der Waals surface area (Å²) in [6, 6.07) is 3.11. The summed E-state index contributed by atoms with van der Waals surface area (Å²) in [6.07, 6.45) is 3.18. The van der Waals surface area contributed by atoms with Crippen molar-refractivity contribution < 1.29 is 27.1 Å². The van der Waals surface area contributed by atoms with Crippen LogP contribution in [0.3, 0.4) is 0 Å². The number of sulfonamides is 1. The first kappa shape index (κ1) is 27.4. The maximum atomic E-state index is 14.0. The molecule has 0 bridgehead atoms. The highest BCUT2D eigenvalue weighted by atomic mass is 32.2. The van der Waals surface area contributed by atoms with Crippen molar-refractivity contribution >= 4 is 38.1 Å². The quantitative estimate of drug-likeness (QED) is 0.228. The molecule has 1 aliphatic heterocycles. The summed E-state index contributed by atoms with van der Waals surface area (Å²) in [5, 5.41) is 15.4. The van der Waals surface area contributed by atoms with Gasteiger partial charge in [0.2, 0.25) is 15.8 Å². The molecule has 1 aliphatic rings. The SMILES string of the molecule is Nc1nc(NC2CCN(S(=O)(=O)CCCNCCCCO)CC2)sc1C(=O)c1c(F)cccc1F. The lowest BCUT2D eigenvalue weighted by Crippen LogP contribution is -2.43. The molecule has 1 aromatic carbocycles. The Balaban J connectivity index is 1.49. The van der Waals surface area contributed by atoms with E-state index in [0.717, 1.165) is 42.9 Å². The monoisotopic (exact) mass is 531 g/mol. The Morgan fingerprint density at radius 3 is 2.49 bits per heavy atom. The van der Waals surface area contributed by atoms with Crippen LogP contribution in [0, 0.1) is 11.6 Å². The van der Waals surface area contributed by atoms with Crippen molar-refractivity contribution in [3.8, 4) is 0 Å². The smallest absolute Gasteiger partial charge is 0.214 e. The highest BCUT2D eigenvalue weighted by Gasteiger charge is 2.29. The van der Waals surface area contributed by atoms with Crippen LogP contribution in [-0.2, 0) is 10.0 Å². The standard InChI is InChI=1S/C22H31F2N5O4S2/c23-16-5-3-6-17(24)18(16)19(31)20-21(25)28-22(34-20)27-15-7-11-29(12-8-15)35(32,33)14-4-10-26-9-1-2-13-30/h3,5-6,15,26,30H,1-2,4,7-14,25H2,(H,27,28). The number of nitrogens with one attached hydrogen (secondary N) is 2. The number of piperidine rings is 1. The normalized spacial score (nSPS) is 15.4. The molecule has 35 heavy (non-hydrogen) atoms. The number of aliphatic hydroxyl groups is 1. The highest BCUT2D eigenvalue weighted by molar-refractivity contribution is 7.89. The summed E-state index contributed by atoms with van der Waals surface area (Å²) in [5.41, 5.74) is 5.17. The van der Waals surface area contributed by atoms with Crippen LogP contribution >= 0.6 is 11.3 Å². The van der Waals surface area contributed by atoms with Crippen LogP contribution < -0.4 is 16.4 Å². The fraction of sp³-hybridized carbons (Fsp3) is 0.545. The lowest BCUT2D eigenvalue weighted by atomic mass is 10.1. The number of anilines is 2. The number of ketones is 1. The van der Waals surface area contributed by atoms with Crippen molar-refractivity contribution in [3.63, 3.8) is 0 Å². The van der Waals surface area contributed by atoms with Gasteiger partial charge in [-0.2, -0.15) is 0 Å². The van der Waals surface area contributed by atoms with Gasteiger partial charge in [0.1, 0.15) is 22.3 Å². The summed E-state index contributed by atoms with van der Waals surface area (Å²) in [5.74, 6) is -2.85. The minimum atomic E-state index is -3.35. The van der Waals surface area contributed by atoms with Gasteiger partial charge in [-0.15, -0.1) is 0 Å². The molecule has 0 atom stereocenters. The van der Waals surface area contributed by atoms with E-state index in [0.29, 0.717) is 44.0 Å². The summed E-state index contributed by atoms with van der Waals surface area (Å²) in [4.78, 5) is 16.7. The second-order valence-electron chi connectivity index (χ2n) is 8.33. The van der Waals surface area contributed by atoms with Gasteiger partial charge in [0, 0.05) is 25.7 Å². The minimum Gasteiger partial charge on any atom is -0.396 e. The molecule has 3 rings (SSSR count). The van der Waals surface area contributed by atoms with E-state index in [4.69, 9.17) is 10.8 Å². The van der Waals surface area contributed by atoms with Crippen LogP contribution in [0.5, 0.6) is 0 Å². The third-order valence-corrected chi connectivity index (χ3v) is 8.70. The molecule has 194 valence electrons. The number of benzene rings is 1. The second kappa shape index (κ2) is 12.7. The molecule has 9 nitrogen and oxygen atoms in total. The molecule has 0 unspecified atom stereocenters. The first-order valence-corrected chi connectivity index (χ1v) is 14.0. The Hall–Kier alpha value is -2.19. The lowest BCUT2D eigenvalue weighted by molar-refractivity contribution is 0.103. The number of nitrogens with zero attached hydrogens (tertiary/aromatic N) is 2. The Morgan fingerprint density at radius 2 is 1.83 bits per heavy atom. The van der Waals surface area contributed by atoms with Crippen molar-refractivity contribution in [2.75, 3.05) is 49.6 Å². The van der Waals surface area contributed by atoms with E-state index in [2.05, 4.69) is 15.6 Å². The molecular weight excluding hydrogens is 500 g/mol. The van der Waals surface area contributed by atoms with E-state index < -0.39 is 33.0 Å². The van der Waals surface area contributed by atoms with Crippen molar-refractivity contribution in [1.82, 2.24) is 14.6 Å². The van der Waals surface area contributed by atoms with Gasteiger partial charge in [-0.05, 0) is 57.3 Å². The Morgan fingerprint density at radius 1 is 1.17 bits per heavy atom. The Labute approximate surface area is 207 Å². The number of thiazole rings is 1. The molecule has 1 aromatic heterocycles. The van der Waals surface area contributed by atoms with Crippen LogP contribution in [0.15, 0.2) is 18.2 Å². The van der Waals surface area contributed by atoms with Gasteiger partial charge in [-0.1, -0.05) is 17.4 Å². The fourth-order valence-electron chi connectivity index (χ4n) is 3.83. The van der Waals surface area contributed by atoms with E-state index in [1.165, 1.54) is 10.4 Å². The number of hydrogen-bond donors (Lipinski definition) is 4. The van der Waals surface area contributed by atoms with Gasteiger partial charge in [-0.3, -0.25) is 4.79 Å². The molecule has 2 aromatic rings. The van der Waals surface area contributed by atoms with Crippen LogP contribution in [0.1, 0.15) is 47.3 Å². The topological polar surface area (TPSA) is 138 Å². The first-order valence-electron chi connectivity index (χ1n) is 11.5. The number of nitrogen functional groups attached to an aromatic ring is 1. The number of nitrogens with two attached hydrogens (primary N) is 1. The maximum absolute atomic E-state index is 14.0. The Bertz CT molecular complexity index is 1090. The zero-order valence-electron chi connectivity index (χ0n) is 19.3. The zero-order valence-corrected chi connectivity index (χ0v) is 20.9. The number of halogens is 2. The molecule has 0 radical (unpaired) electrons. The summed E-state index contributed by atoms with van der Waals surface area (Å²) in [7, 11) is -3.35. The molecule has 0 saturated carbocycles. The van der Waals surface area contributed by atoms with Gasteiger partial charge < -0.3 is 21.5 Å². The zero-order chi connectivity index (χ0) is 25.4. The molecular formula is C22H31F2N5O4S2. The molecule has 13 heteroatoms. The van der Waals surface area contributed by atoms with E-state index >= 15 is 0 Å². The molecule has 1 fully saturated rings. The van der Waals surface area contributed by atoms with Gasteiger partial charge in [0.25, 0.3) is 0 Å². The van der Waals surface area contributed by atoms with Crippen LogP contribution in [0.2, 0.25) is 0 Å². The predicted octanol–water partition coefficient (Wildman–Crippen LogP) is 2.19. The highest BCUT2D eigenvalue weighted by Crippen LogP contribution is 2.30. The molecule has 0 aliphatic carbocycles. The van der Waals surface area contributed by atoms with E-state index in [-0.39, 0.29) is 29.1 Å². The van der Waals surface area contributed by atoms with Crippen molar-refractivity contribution in [3.05, 3.63) is 40.3 Å². The molecule has 0 amide bonds. The number of hydrogen-bond acceptors (Lipinski definition) is 9. The molecule has 0 spiro atoms. The number of carbonyl (C=O) groups excluding carboxylic acids is 1. The van der Waals surface area contributed by atoms with Gasteiger partial charge in [-0.25, -0.2) is 26.5 Å². The number of unbranched alkanes of at least 4 members (excludes halogenated alkanes) is 1. The van der Waals surface area contributed by atoms with Crippen molar-refractivity contribution in [2.24, 2.45) is 0 Å². The number of carbonyl (C=O) groups is 1. The Kier molecular flexibility index (Phi) is 9.92. The molecule has 5 N–H and O–H groups in total. The van der Waals surface area contributed by atoms with Gasteiger partial charge >= 0.3 is 0 Å². The predicted molar refractivity (Wildman–Crippen MR) is 132 cm³/mol. The minimum absolute atomic E-state index is 0.0542. The largest absolute Gasteiger partial charge is 0.396 e. The third-order valence-electron chi connectivity index (χ3n) is 5.74. The summed E-state index contributed by atoms with van der Waals surface area (Å²) >= 11 is 0.918. The summed E-state index contributed by atoms with van der Waals surface area (Å²) in [6.45, 7) is 2.23. The van der Waals surface area contributed by atoms with Crippen LogP contribution in [0.4, 0.5) is 19.7 Å². The third kappa shape index (κ3) is 7.40. The van der Waals surface area contributed by atoms with Gasteiger partial charge in [0.15, 0.2) is 5.13 Å². The number of rotatable bonds is 13. The average molecular weight is 532 g/mol. The number of aromatic nitrogens is 1.